The predicted octanol–water partition coefficient (Wildman–Crippen LogP) is 2.40. The molecule has 0 bridgehead atoms. The van der Waals surface area contributed by atoms with Crippen molar-refractivity contribution in [3.05, 3.63) is 26.3 Å². The minimum atomic E-state index is 0.429. The van der Waals surface area contributed by atoms with Crippen molar-refractivity contribution in [2.45, 2.75) is 0 Å². The molecule has 0 heterocycles. The van der Waals surface area contributed by atoms with E-state index < -0.39 is 0 Å². The van der Waals surface area contributed by atoms with E-state index in [0.717, 1.165) is 3.57 Å². The molecule has 0 amide bonds. The second-order valence-corrected chi connectivity index (χ2v) is 3.53. The van der Waals surface area contributed by atoms with Crippen LogP contribution in [-0.4, -0.2) is 0 Å². The topological polar surface area (TPSA) is 49.8 Å². The van der Waals surface area contributed by atoms with E-state index in [-0.39, 0.29) is 0 Å². The molecule has 0 fully saturated rings. The van der Waals surface area contributed by atoms with Crippen molar-refractivity contribution in [2.24, 2.45) is 0 Å². The van der Waals surface area contributed by atoms with E-state index in [1.807, 2.05) is 6.07 Å². The van der Waals surface area contributed by atoms with Crippen LogP contribution in [0.4, 0.5) is 5.69 Å². The number of anilines is 1. The summed E-state index contributed by atoms with van der Waals surface area (Å²) in [6.07, 6.45) is 0. The SMILES string of the molecule is N#Cc1cc(I)c(Cl)cc1N. The van der Waals surface area contributed by atoms with Gasteiger partial charge in [0.2, 0.25) is 0 Å². The first-order valence-electron chi connectivity index (χ1n) is 2.79. The highest BCUT2D eigenvalue weighted by Gasteiger charge is 2.02. The van der Waals surface area contributed by atoms with E-state index in [1.54, 1.807) is 12.1 Å². The summed E-state index contributed by atoms with van der Waals surface area (Å²) >= 11 is 7.80. The minimum absolute atomic E-state index is 0.429. The highest BCUT2D eigenvalue weighted by molar-refractivity contribution is 14.1. The van der Waals surface area contributed by atoms with Crippen molar-refractivity contribution >= 4 is 39.9 Å². The van der Waals surface area contributed by atoms with Crippen molar-refractivity contribution in [3.63, 3.8) is 0 Å². The molecule has 0 unspecified atom stereocenters. The smallest absolute Gasteiger partial charge is 0.101 e. The number of halogens is 2. The van der Waals surface area contributed by atoms with Gasteiger partial charge in [-0.15, -0.1) is 0 Å². The quantitative estimate of drug-likeness (QED) is 0.585. The second-order valence-electron chi connectivity index (χ2n) is 1.97. The summed E-state index contributed by atoms with van der Waals surface area (Å²) in [6, 6.07) is 5.22. The van der Waals surface area contributed by atoms with Gasteiger partial charge in [0.1, 0.15) is 6.07 Å². The summed E-state index contributed by atoms with van der Waals surface area (Å²) in [7, 11) is 0. The van der Waals surface area contributed by atoms with Gasteiger partial charge in [-0.05, 0) is 34.7 Å². The number of benzene rings is 1. The van der Waals surface area contributed by atoms with Gasteiger partial charge in [0.25, 0.3) is 0 Å². The molecule has 1 aromatic carbocycles. The Labute approximate surface area is 83.1 Å². The first-order chi connectivity index (χ1) is 5.15. The highest BCUT2D eigenvalue weighted by Crippen LogP contribution is 2.23. The number of nitrogens with zero attached hydrogens (tertiary/aromatic N) is 1. The van der Waals surface area contributed by atoms with Gasteiger partial charge in [-0.2, -0.15) is 5.26 Å². The maximum Gasteiger partial charge on any atom is 0.101 e. The Balaban J connectivity index is 3.35. The fourth-order valence-corrected chi connectivity index (χ4v) is 1.30. The fraction of sp³-hybridized carbons (Fsp3) is 0. The van der Waals surface area contributed by atoms with Crippen LogP contribution in [-0.2, 0) is 0 Å². The zero-order valence-corrected chi connectivity index (χ0v) is 8.35. The van der Waals surface area contributed by atoms with Crippen molar-refractivity contribution in [2.75, 3.05) is 5.73 Å². The van der Waals surface area contributed by atoms with E-state index >= 15 is 0 Å². The van der Waals surface area contributed by atoms with E-state index in [9.17, 15) is 0 Å². The standard InChI is InChI=1S/C7H4ClIN2/c8-5-2-7(11)4(3-10)1-6(5)9/h1-2H,11H2. The molecule has 2 nitrogen and oxygen atoms in total. The third kappa shape index (κ3) is 1.76. The summed E-state index contributed by atoms with van der Waals surface area (Å²) in [5, 5.41) is 9.14. The Morgan fingerprint density at radius 3 is 2.73 bits per heavy atom. The molecule has 0 atom stereocenters. The molecule has 11 heavy (non-hydrogen) atoms. The van der Waals surface area contributed by atoms with E-state index in [0.29, 0.717) is 16.3 Å². The van der Waals surface area contributed by atoms with Gasteiger partial charge in [0, 0.05) is 3.57 Å². The summed E-state index contributed by atoms with van der Waals surface area (Å²) in [4.78, 5) is 0. The van der Waals surface area contributed by atoms with Crippen LogP contribution in [0.15, 0.2) is 12.1 Å². The molecule has 56 valence electrons. The first kappa shape index (κ1) is 8.62. The van der Waals surface area contributed by atoms with E-state index in [2.05, 4.69) is 22.6 Å². The van der Waals surface area contributed by atoms with Crippen LogP contribution >= 0.6 is 34.2 Å². The molecule has 0 saturated carbocycles. The van der Waals surface area contributed by atoms with Crippen LogP contribution in [0.2, 0.25) is 5.02 Å². The first-order valence-corrected chi connectivity index (χ1v) is 4.25. The molecule has 0 saturated heterocycles. The molecular weight excluding hydrogens is 274 g/mol. The van der Waals surface area contributed by atoms with Gasteiger partial charge in [-0.1, -0.05) is 11.6 Å². The number of nitriles is 1. The molecule has 1 aromatic rings. The van der Waals surface area contributed by atoms with Crippen LogP contribution in [0.1, 0.15) is 5.56 Å². The van der Waals surface area contributed by atoms with Crippen LogP contribution in [0.3, 0.4) is 0 Å². The van der Waals surface area contributed by atoms with Crippen LogP contribution in [0.5, 0.6) is 0 Å². The number of nitrogen functional groups attached to an aromatic ring is 1. The monoisotopic (exact) mass is 278 g/mol. The lowest BCUT2D eigenvalue weighted by Gasteiger charge is -1.99. The van der Waals surface area contributed by atoms with Crippen molar-refractivity contribution in [1.82, 2.24) is 0 Å². The van der Waals surface area contributed by atoms with Gasteiger partial charge in [-0.25, -0.2) is 0 Å². The van der Waals surface area contributed by atoms with Crippen molar-refractivity contribution in [3.8, 4) is 6.07 Å². The summed E-state index contributed by atoms with van der Waals surface area (Å²) in [6.45, 7) is 0. The Bertz CT molecular complexity index is 330. The third-order valence-corrected chi connectivity index (χ3v) is 2.74. The molecule has 0 aliphatic heterocycles. The average Bonchev–Trinajstić information content (AvgIpc) is 1.97. The Morgan fingerprint density at radius 2 is 2.18 bits per heavy atom. The average molecular weight is 278 g/mol. The normalized spacial score (nSPS) is 9.18. The summed E-state index contributed by atoms with van der Waals surface area (Å²) < 4.78 is 0.843. The predicted molar refractivity (Wildman–Crippen MR) is 53.3 cm³/mol. The second kappa shape index (κ2) is 3.28. The van der Waals surface area contributed by atoms with Crippen molar-refractivity contribution < 1.29 is 0 Å². The van der Waals surface area contributed by atoms with Crippen LogP contribution in [0, 0.1) is 14.9 Å². The largest absolute Gasteiger partial charge is 0.398 e. The maximum atomic E-state index is 8.56. The van der Waals surface area contributed by atoms with Crippen LogP contribution in [0.25, 0.3) is 0 Å². The lowest BCUT2D eigenvalue weighted by molar-refractivity contribution is 1.47. The number of nitrogens with two attached hydrogens (primary N) is 1. The number of hydrogen-bond donors (Lipinski definition) is 1. The Morgan fingerprint density at radius 1 is 1.55 bits per heavy atom. The number of hydrogen-bond acceptors (Lipinski definition) is 2. The third-order valence-electron chi connectivity index (χ3n) is 1.21. The lowest BCUT2D eigenvalue weighted by Crippen LogP contribution is -1.91. The molecule has 4 heteroatoms. The lowest BCUT2D eigenvalue weighted by atomic mass is 10.2. The summed E-state index contributed by atoms with van der Waals surface area (Å²) in [5.41, 5.74) is 6.39. The zero-order valence-electron chi connectivity index (χ0n) is 5.44. The molecular formula is C7H4ClIN2. The zero-order chi connectivity index (χ0) is 8.43. The van der Waals surface area contributed by atoms with E-state index in [1.165, 1.54) is 0 Å². The van der Waals surface area contributed by atoms with Crippen LogP contribution < -0.4 is 5.73 Å². The molecule has 1 rings (SSSR count). The van der Waals surface area contributed by atoms with Gasteiger partial charge in [0.15, 0.2) is 0 Å². The number of rotatable bonds is 0. The van der Waals surface area contributed by atoms with Gasteiger partial charge in [0.05, 0.1) is 16.3 Å². The molecule has 0 aliphatic carbocycles. The molecule has 0 aliphatic rings. The van der Waals surface area contributed by atoms with Gasteiger partial charge in [-0.3, -0.25) is 0 Å². The molecule has 0 spiro atoms. The Kier molecular flexibility index (Phi) is 2.58. The minimum Gasteiger partial charge on any atom is -0.398 e. The Hall–Kier alpha value is -0.470. The molecule has 0 radical (unpaired) electrons. The van der Waals surface area contributed by atoms with Crippen molar-refractivity contribution in [1.29, 1.82) is 5.26 Å². The van der Waals surface area contributed by atoms with Gasteiger partial charge < -0.3 is 5.73 Å². The maximum absolute atomic E-state index is 8.56. The molecule has 2 N–H and O–H groups in total. The fourth-order valence-electron chi connectivity index (χ4n) is 0.659. The highest BCUT2D eigenvalue weighted by atomic mass is 127. The van der Waals surface area contributed by atoms with E-state index in [4.69, 9.17) is 22.6 Å². The summed E-state index contributed by atoms with van der Waals surface area (Å²) in [5.74, 6) is 0. The molecule has 0 aromatic heterocycles. The van der Waals surface area contributed by atoms with Gasteiger partial charge >= 0.3 is 0 Å².